The number of benzene rings is 1. The van der Waals surface area contributed by atoms with Crippen molar-refractivity contribution in [1.82, 2.24) is 40.3 Å². The normalized spacial score (nSPS) is 10.9. The van der Waals surface area contributed by atoms with Crippen molar-refractivity contribution in [2.24, 2.45) is 0 Å². The van der Waals surface area contributed by atoms with Crippen molar-refractivity contribution in [2.75, 3.05) is 12.8 Å². The number of aromatic nitrogens is 7. The van der Waals surface area contributed by atoms with Crippen LogP contribution < -0.4 is 11.1 Å². The number of nitrogens with two attached hydrogens (primary N) is 1. The fraction of sp³-hybridized carbons (Fsp3) is 0.111. The molecule has 3 aromatic heterocycles. The lowest BCUT2D eigenvalue weighted by Crippen LogP contribution is -2.23. The van der Waals surface area contributed by atoms with Crippen LogP contribution in [-0.2, 0) is 11.3 Å². The Morgan fingerprint density at radius 3 is 2.87 bits per heavy atom. The maximum Gasteiger partial charge on any atom is 0.241 e. The molecule has 4 aromatic rings. The number of nitrogen functional groups attached to an aromatic ring is 1. The van der Waals surface area contributed by atoms with Crippen LogP contribution in [0, 0.1) is 11.6 Å². The molecule has 0 bridgehead atoms. The highest BCUT2D eigenvalue weighted by Gasteiger charge is 2.19. The zero-order valence-corrected chi connectivity index (χ0v) is 15.6. The molecule has 10 nitrogen and oxygen atoms in total. The Bertz CT molecular complexity index is 1230. The van der Waals surface area contributed by atoms with Crippen LogP contribution in [0.4, 0.5) is 14.6 Å². The minimum absolute atomic E-state index is 0.0584. The zero-order valence-electron chi connectivity index (χ0n) is 15.6. The van der Waals surface area contributed by atoms with Gasteiger partial charge in [-0.2, -0.15) is 9.78 Å². The molecule has 0 saturated carbocycles. The van der Waals surface area contributed by atoms with Gasteiger partial charge in [0.15, 0.2) is 17.5 Å². The molecule has 0 aliphatic rings. The van der Waals surface area contributed by atoms with E-state index in [1.807, 2.05) is 0 Å². The van der Waals surface area contributed by atoms with Gasteiger partial charge in [-0.3, -0.25) is 9.48 Å². The summed E-state index contributed by atoms with van der Waals surface area (Å²) in [5.41, 5.74) is 7.44. The van der Waals surface area contributed by atoms with E-state index in [9.17, 15) is 13.6 Å². The van der Waals surface area contributed by atoms with Crippen LogP contribution >= 0.6 is 0 Å². The lowest BCUT2D eigenvalue weighted by molar-refractivity contribution is -0.121. The van der Waals surface area contributed by atoms with Crippen molar-refractivity contribution in [3.63, 3.8) is 0 Å². The predicted molar refractivity (Wildman–Crippen MR) is 102 cm³/mol. The summed E-state index contributed by atoms with van der Waals surface area (Å²) in [5.74, 6) is -2.13. The van der Waals surface area contributed by atoms with Crippen molar-refractivity contribution < 1.29 is 13.6 Å². The van der Waals surface area contributed by atoms with Gasteiger partial charge < -0.3 is 11.1 Å². The third-order valence-electron chi connectivity index (χ3n) is 4.34. The lowest BCUT2D eigenvalue weighted by Gasteiger charge is -2.09. The Morgan fingerprint density at radius 1 is 1.23 bits per heavy atom. The first-order valence-corrected chi connectivity index (χ1v) is 8.70. The van der Waals surface area contributed by atoms with Gasteiger partial charge in [0.2, 0.25) is 5.91 Å². The second-order valence-corrected chi connectivity index (χ2v) is 6.24. The van der Waals surface area contributed by atoms with Gasteiger partial charge in [0.05, 0.1) is 11.8 Å². The molecule has 0 spiro atoms. The number of hydrogen-bond acceptors (Lipinski definition) is 7. The molecule has 0 unspecified atom stereocenters. The van der Waals surface area contributed by atoms with Crippen LogP contribution in [-0.4, -0.2) is 47.9 Å². The van der Waals surface area contributed by atoms with Crippen LogP contribution in [0.25, 0.3) is 28.2 Å². The molecular weight excluding hydrogens is 396 g/mol. The Kier molecular flexibility index (Phi) is 4.88. The molecule has 4 rings (SSSR count). The number of carbonyl (C=O) groups excluding carboxylic acids is 1. The molecule has 1 aromatic carbocycles. The molecule has 30 heavy (non-hydrogen) atoms. The quantitative estimate of drug-likeness (QED) is 0.505. The highest BCUT2D eigenvalue weighted by molar-refractivity contribution is 5.77. The molecule has 0 aliphatic carbocycles. The lowest BCUT2D eigenvalue weighted by atomic mass is 10.1. The Balaban J connectivity index is 1.75. The number of nitrogens with zero attached hydrogens (tertiary/aromatic N) is 7. The summed E-state index contributed by atoms with van der Waals surface area (Å²) in [7, 11) is 1.54. The molecule has 152 valence electrons. The summed E-state index contributed by atoms with van der Waals surface area (Å²) in [5, 5.41) is 17.9. The number of anilines is 1. The first-order chi connectivity index (χ1) is 14.5. The minimum Gasteiger partial charge on any atom is -0.383 e. The third-order valence-corrected chi connectivity index (χ3v) is 4.34. The number of amides is 1. The van der Waals surface area contributed by atoms with E-state index >= 15 is 0 Å². The monoisotopic (exact) mass is 411 g/mol. The maximum atomic E-state index is 14.3. The van der Waals surface area contributed by atoms with Gasteiger partial charge in [-0.15, -0.1) is 5.10 Å². The largest absolute Gasteiger partial charge is 0.383 e. The molecule has 0 saturated heterocycles. The van der Waals surface area contributed by atoms with Gasteiger partial charge in [0, 0.05) is 30.6 Å². The minimum atomic E-state index is -1.09. The molecule has 3 N–H and O–H groups in total. The molecule has 0 atom stereocenters. The van der Waals surface area contributed by atoms with E-state index in [-0.39, 0.29) is 29.8 Å². The van der Waals surface area contributed by atoms with Gasteiger partial charge in [0.25, 0.3) is 0 Å². The Labute approximate surface area is 168 Å². The molecule has 0 fully saturated rings. The average Bonchev–Trinajstić information content (AvgIpc) is 3.40. The van der Waals surface area contributed by atoms with Gasteiger partial charge in [-0.1, -0.05) is 6.07 Å². The van der Waals surface area contributed by atoms with Crippen molar-refractivity contribution in [1.29, 1.82) is 0 Å². The summed E-state index contributed by atoms with van der Waals surface area (Å²) in [4.78, 5) is 15.7. The highest BCUT2D eigenvalue weighted by Crippen LogP contribution is 2.29. The van der Waals surface area contributed by atoms with Gasteiger partial charge in [0.1, 0.15) is 18.1 Å². The van der Waals surface area contributed by atoms with Gasteiger partial charge in [-0.25, -0.2) is 13.8 Å². The second-order valence-electron chi connectivity index (χ2n) is 6.24. The maximum absolute atomic E-state index is 14.3. The second kappa shape index (κ2) is 7.66. The van der Waals surface area contributed by atoms with Crippen molar-refractivity contribution >= 4 is 11.7 Å². The Hall–Kier alpha value is -4.22. The van der Waals surface area contributed by atoms with Crippen LogP contribution in [0.15, 0.2) is 42.9 Å². The van der Waals surface area contributed by atoms with E-state index in [1.54, 1.807) is 18.5 Å². The number of pyridine rings is 1. The van der Waals surface area contributed by atoms with Crippen molar-refractivity contribution in [3.8, 4) is 28.2 Å². The van der Waals surface area contributed by atoms with Crippen LogP contribution in [0.2, 0.25) is 0 Å². The molecular formula is C18H15F2N9O. The molecule has 0 radical (unpaired) electrons. The smallest absolute Gasteiger partial charge is 0.241 e. The molecule has 0 aliphatic heterocycles. The predicted octanol–water partition coefficient (Wildman–Crippen LogP) is 1.19. The summed E-state index contributed by atoms with van der Waals surface area (Å²) in [6, 6.07) is 5.34. The van der Waals surface area contributed by atoms with Crippen molar-refractivity contribution in [3.05, 3.63) is 54.5 Å². The summed E-state index contributed by atoms with van der Waals surface area (Å²) >= 11 is 0. The number of hydrogen-bond donors (Lipinski definition) is 2. The number of tetrazole rings is 1. The van der Waals surface area contributed by atoms with Crippen LogP contribution in [0.3, 0.4) is 0 Å². The number of rotatable bonds is 5. The fourth-order valence-corrected chi connectivity index (χ4v) is 2.81. The molecule has 12 heteroatoms. The van der Waals surface area contributed by atoms with E-state index in [0.717, 1.165) is 10.7 Å². The standard InChI is InChI=1S/C18H15F2N9O/c1-22-15(30)9-28-8-11(7-24-28)10-5-12(17(21)23-6-10)18-25-26-27-29(18)14-4-2-3-13(19)16(14)20/h2-8H,9H2,1H3,(H2,21,23)(H,22,30). The zero-order chi connectivity index (χ0) is 21.3. The van der Waals surface area contributed by atoms with E-state index in [0.29, 0.717) is 16.7 Å². The first-order valence-electron chi connectivity index (χ1n) is 8.70. The number of nitrogens with one attached hydrogen (secondary N) is 1. The van der Waals surface area contributed by atoms with Crippen molar-refractivity contribution in [2.45, 2.75) is 6.54 Å². The van der Waals surface area contributed by atoms with E-state index in [4.69, 9.17) is 5.73 Å². The SMILES string of the molecule is CNC(=O)Cn1cc(-c2cnc(N)c(-c3nnnn3-c3cccc(F)c3F)c2)cn1. The van der Waals surface area contributed by atoms with E-state index in [2.05, 4.69) is 30.9 Å². The summed E-state index contributed by atoms with van der Waals surface area (Å²) in [6.45, 7) is 0.0584. The average molecular weight is 411 g/mol. The van der Waals surface area contributed by atoms with Crippen LogP contribution in [0.1, 0.15) is 0 Å². The van der Waals surface area contributed by atoms with Gasteiger partial charge >= 0.3 is 0 Å². The van der Waals surface area contributed by atoms with E-state index in [1.165, 1.54) is 30.1 Å². The topological polar surface area (TPSA) is 129 Å². The number of halogens is 2. The fourth-order valence-electron chi connectivity index (χ4n) is 2.81. The Morgan fingerprint density at radius 2 is 2.07 bits per heavy atom. The molecule has 3 heterocycles. The summed E-state index contributed by atoms with van der Waals surface area (Å²) in [6.07, 6.45) is 4.76. The molecule has 1 amide bonds. The van der Waals surface area contributed by atoms with E-state index < -0.39 is 11.6 Å². The third kappa shape index (κ3) is 3.45. The number of carbonyl (C=O) groups is 1. The van der Waals surface area contributed by atoms with Gasteiger partial charge in [-0.05, 0) is 28.6 Å². The first kappa shape index (κ1) is 19.1. The summed E-state index contributed by atoms with van der Waals surface area (Å²) < 4.78 is 30.4. The number of likely N-dealkylation sites (N-methyl/N-ethyl adjacent to an activating group) is 1. The highest BCUT2D eigenvalue weighted by atomic mass is 19.2. The van der Waals surface area contributed by atoms with Crippen LogP contribution in [0.5, 0.6) is 0 Å².